The zero-order valence-corrected chi connectivity index (χ0v) is 25.5. The number of β-amino-alcohol motifs (C(OH)–C–C–N with tert-alkyl or cyclic N) is 1. The zero-order chi connectivity index (χ0) is 30.8. The molecule has 3 aliphatic heterocycles. The van der Waals surface area contributed by atoms with Gasteiger partial charge in [-0.3, -0.25) is 9.88 Å². The van der Waals surface area contributed by atoms with Gasteiger partial charge in [-0.15, -0.1) is 0 Å². The van der Waals surface area contributed by atoms with E-state index in [-0.39, 0.29) is 23.1 Å². The molecule has 0 bridgehead atoms. The molecule has 3 aliphatic rings. The molecule has 2 aromatic carbocycles. The first kappa shape index (κ1) is 29.1. The van der Waals surface area contributed by atoms with Gasteiger partial charge in [0, 0.05) is 43.4 Å². The number of nitrogens with zero attached hydrogens (tertiary/aromatic N) is 5. The Morgan fingerprint density at radius 3 is 2.75 bits per heavy atom. The van der Waals surface area contributed by atoms with Crippen molar-refractivity contribution in [2.45, 2.75) is 76.6 Å². The van der Waals surface area contributed by atoms with Gasteiger partial charge in [0.1, 0.15) is 30.2 Å². The molecular weight excluding hydrogens is 564 g/mol. The van der Waals surface area contributed by atoms with Crippen molar-refractivity contribution in [2.24, 2.45) is 0 Å². The fourth-order valence-electron chi connectivity index (χ4n) is 7.84. The highest BCUT2D eigenvalue weighted by atomic mass is 19.1. The lowest BCUT2D eigenvalue weighted by atomic mass is 9.93. The van der Waals surface area contributed by atoms with Crippen molar-refractivity contribution in [1.29, 1.82) is 0 Å². The smallest absolute Gasteiger partial charge is 0.319 e. The number of aromatic hydroxyl groups is 1. The number of aromatic nitrogens is 3. The Bertz CT molecular complexity index is 1770. The first-order chi connectivity index (χ1) is 21.1. The number of phenolic OH excluding ortho intramolecular Hbond substituents is 1. The molecule has 2 aromatic heterocycles. The third-order valence-corrected chi connectivity index (χ3v) is 9.91. The summed E-state index contributed by atoms with van der Waals surface area (Å²) in [5, 5.41) is 23.7. The van der Waals surface area contributed by atoms with E-state index in [4.69, 9.17) is 19.7 Å². The molecule has 3 fully saturated rings. The van der Waals surface area contributed by atoms with E-state index in [9.17, 15) is 14.6 Å². The Morgan fingerprint density at radius 1 is 1.14 bits per heavy atom. The van der Waals surface area contributed by atoms with Crippen LogP contribution in [0, 0.1) is 12.7 Å². The summed E-state index contributed by atoms with van der Waals surface area (Å²) in [5.74, 6) is 0.392. The highest BCUT2D eigenvalue weighted by Gasteiger charge is 2.49. The average Bonchev–Trinajstić information content (AvgIpc) is 3.51. The van der Waals surface area contributed by atoms with E-state index in [0.717, 1.165) is 36.8 Å². The summed E-state index contributed by atoms with van der Waals surface area (Å²) in [6.07, 6.45) is 5.15. The van der Waals surface area contributed by atoms with Crippen LogP contribution in [-0.2, 0) is 6.42 Å². The number of benzene rings is 2. The number of hydrogen-bond acceptors (Lipinski definition) is 8. The first-order valence-corrected chi connectivity index (χ1v) is 15.7. The Labute approximate surface area is 255 Å². The number of aliphatic hydroxyl groups is 1. The molecule has 10 heteroatoms. The molecule has 0 spiro atoms. The second kappa shape index (κ2) is 10.8. The number of anilines is 1. The second-order valence-electron chi connectivity index (χ2n) is 13.2. The number of pyridine rings is 1. The molecule has 0 saturated carbocycles. The number of halogens is 2. The van der Waals surface area contributed by atoms with Gasteiger partial charge < -0.3 is 19.8 Å². The van der Waals surface area contributed by atoms with E-state index in [2.05, 4.69) is 9.80 Å². The minimum atomic E-state index is -0.872. The van der Waals surface area contributed by atoms with E-state index in [1.165, 1.54) is 6.07 Å². The van der Waals surface area contributed by atoms with Crippen molar-refractivity contribution in [1.82, 2.24) is 19.9 Å². The molecule has 0 amide bonds. The van der Waals surface area contributed by atoms with E-state index in [0.29, 0.717) is 84.4 Å². The van der Waals surface area contributed by atoms with Gasteiger partial charge in [0.2, 0.25) is 0 Å². The molecule has 1 unspecified atom stereocenters. The fourth-order valence-corrected chi connectivity index (χ4v) is 7.84. The van der Waals surface area contributed by atoms with Gasteiger partial charge >= 0.3 is 6.01 Å². The van der Waals surface area contributed by atoms with Gasteiger partial charge in [-0.05, 0) is 87.0 Å². The van der Waals surface area contributed by atoms with Crippen LogP contribution in [-0.4, -0.2) is 80.2 Å². The predicted molar refractivity (Wildman–Crippen MR) is 167 cm³/mol. The average molecular weight is 604 g/mol. The van der Waals surface area contributed by atoms with Crippen LogP contribution >= 0.6 is 0 Å². The number of rotatable bonds is 6. The van der Waals surface area contributed by atoms with Crippen molar-refractivity contribution in [2.75, 3.05) is 37.7 Å². The van der Waals surface area contributed by atoms with Gasteiger partial charge in [0.15, 0.2) is 0 Å². The monoisotopic (exact) mass is 603 g/mol. The van der Waals surface area contributed by atoms with Crippen LogP contribution < -0.4 is 9.64 Å². The quantitative estimate of drug-likeness (QED) is 0.283. The summed E-state index contributed by atoms with van der Waals surface area (Å²) in [6.45, 7) is 8.36. The molecule has 4 aromatic rings. The summed E-state index contributed by atoms with van der Waals surface area (Å²) in [7, 11) is 0. The van der Waals surface area contributed by atoms with E-state index in [1.807, 2.05) is 20.8 Å². The van der Waals surface area contributed by atoms with Crippen molar-refractivity contribution >= 4 is 27.5 Å². The Kier molecular flexibility index (Phi) is 7.12. The Morgan fingerprint density at radius 2 is 1.95 bits per heavy atom. The summed E-state index contributed by atoms with van der Waals surface area (Å²) in [5.41, 5.74) is 1.90. The number of fused-ring (bicyclic) bond motifs is 3. The normalized spacial score (nSPS) is 25.7. The first-order valence-electron chi connectivity index (χ1n) is 15.7. The third kappa shape index (κ3) is 4.92. The zero-order valence-electron chi connectivity index (χ0n) is 25.5. The van der Waals surface area contributed by atoms with Crippen molar-refractivity contribution < 1.29 is 23.7 Å². The van der Waals surface area contributed by atoms with Crippen LogP contribution in [0.4, 0.5) is 14.6 Å². The molecule has 3 atom stereocenters. The van der Waals surface area contributed by atoms with E-state index >= 15 is 4.39 Å². The fraction of sp³-hybridized carbons (Fsp3) is 0.500. The van der Waals surface area contributed by atoms with Gasteiger partial charge in [0.25, 0.3) is 0 Å². The molecule has 0 aliphatic carbocycles. The number of aryl methyl sites for hydroxylation is 2. The van der Waals surface area contributed by atoms with Crippen LogP contribution in [0.5, 0.6) is 11.8 Å². The van der Waals surface area contributed by atoms with Crippen LogP contribution in [0.25, 0.3) is 32.9 Å². The Hall–Kier alpha value is -3.63. The molecule has 0 radical (unpaired) electrons. The van der Waals surface area contributed by atoms with Gasteiger partial charge in [0.05, 0.1) is 27.7 Å². The molecule has 8 nitrogen and oxygen atoms in total. The largest absolute Gasteiger partial charge is 0.508 e. The topological polar surface area (TPSA) is 94.8 Å². The minimum absolute atomic E-state index is 0.0634. The lowest BCUT2D eigenvalue weighted by Crippen LogP contribution is -2.46. The molecule has 7 rings (SSSR count). The maximum Gasteiger partial charge on any atom is 0.319 e. The molecular formula is C34H39F2N5O3. The number of alkyl halides is 1. The summed E-state index contributed by atoms with van der Waals surface area (Å²) < 4.78 is 35.8. The van der Waals surface area contributed by atoms with Crippen LogP contribution in [0.15, 0.2) is 30.5 Å². The summed E-state index contributed by atoms with van der Waals surface area (Å²) in [6, 6.07) is 6.57. The van der Waals surface area contributed by atoms with Crippen LogP contribution in [0.3, 0.4) is 0 Å². The highest BCUT2D eigenvalue weighted by molar-refractivity contribution is 6.03. The maximum atomic E-state index is 15.0. The number of ether oxygens (including phenoxy) is 1. The molecule has 232 valence electrons. The summed E-state index contributed by atoms with van der Waals surface area (Å²) >= 11 is 0. The van der Waals surface area contributed by atoms with Crippen molar-refractivity contribution in [3.05, 3.63) is 47.4 Å². The van der Waals surface area contributed by atoms with Crippen LogP contribution in [0.2, 0.25) is 0 Å². The maximum absolute atomic E-state index is 15.0. The van der Waals surface area contributed by atoms with Crippen molar-refractivity contribution in [3.63, 3.8) is 0 Å². The molecule has 2 N–H and O–H groups in total. The second-order valence-corrected chi connectivity index (χ2v) is 13.2. The standard InChI is InChI=1S/C34H39F2N5O3/c1-4-24-27(36)8-7-21-13-23(42)14-25(28(21)24)29-20(2)30-26(16-37-29)31(40-11-5-9-33(3,43)18-40)39-32(38-30)44-19-34-10-6-12-41(34)17-22(35)15-34/h7-8,13-14,16,22,42-43H,4-6,9-12,15,17-19H2,1-3H3/t22-,33-,34?/m1/s1. The number of piperidine rings is 1. The molecule has 3 saturated heterocycles. The van der Waals surface area contributed by atoms with Gasteiger partial charge in [-0.25, -0.2) is 8.78 Å². The van der Waals surface area contributed by atoms with E-state index in [1.54, 1.807) is 24.4 Å². The Balaban J connectivity index is 1.38. The molecule has 44 heavy (non-hydrogen) atoms. The van der Waals surface area contributed by atoms with Gasteiger partial charge in [-0.1, -0.05) is 13.0 Å². The summed E-state index contributed by atoms with van der Waals surface area (Å²) in [4.78, 5) is 18.9. The minimum Gasteiger partial charge on any atom is -0.508 e. The van der Waals surface area contributed by atoms with Crippen LogP contribution in [0.1, 0.15) is 57.1 Å². The third-order valence-electron chi connectivity index (χ3n) is 9.91. The lowest BCUT2D eigenvalue weighted by Gasteiger charge is -2.38. The van der Waals surface area contributed by atoms with Crippen molar-refractivity contribution in [3.8, 4) is 23.0 Å². The SMILES string of the molecule is CCc1c(F)ccc2cc(O)cc(-c3ncc4c(N5CCC[C@@](C)(O)C5)nc(OCC56CCCN5C[C@H](F)C6)nc4c3C)c12. The lowest BCUT2D eigenvalue weighted by molar-refractivity contribution is 0.0447. The molecule has 5 heterocycles. The number of hydrogen-bond donors (Lipinski definition) is 2. The highest BCUT2D eigenvalue weighted by Crippen LogP contribution is 2.42. The predicted octanol–water partition coefficient (Wildman–Crippen LogP) is 5.87. The van der Waals surface area contributed by atoms with E-state index < -0.39 is 11.8 Å². The van der Waals surface area contributed by atoms with Gasteiger partial charge in [-0.2, -0.15) is 9.97 Å². The number of phenols is 1.